The van der Waals surface area contributed by atoms with Gasteiger partial charge in [-0.3, -0.25) is 0 Å². The number of rotatable bonds is 3. The molecular formula is C13H17BrFNO2S. The number of sulfone groups is 1. The monoisotopic (exact) mass is 349 g/mol. The zero-order valence-electron chi connectivity index (χ0n) is 10.7. The highest BCUT2D eigenvalue weighted by molar-refractivity contribution is 9.10. The predicted molar refractivity (Wildman–Crippen MR) is 77.3 cm³/mol. The van der Waals surface area contributed by atoms with Crippen LogP contribution in [0.3, 0.4) is 0 Å². The predicted octanol–water partition coefficient (Wildman–Crippen LogP) is 2.82. The van der Waals surface area contributed by atoms with Crippen LogP contribution in [-0.2, 0) is 9.84 Å². The molecule has 1 aromatic carbocycles. The van der Waals surface area contributed by atoms with E-state index in [1.165, 1.54) is 0 Å². The Bertz CT molecular complexity index is 562. The maximum atomic E-state index is 14.2. The first kappa shape index (κ1) is 14.9. The fourth-order valence-electron chi connectivity index (χ4n) is 2.66. The van der Waals surface area contributed by atoms with Crippen LogP contribution in [0.15, 0.2) is 22.7 Å². The van der Waals surface area contributed by atoms with Gasteiger partial charge in [0.25, 0.3) is 0 Å². The lowest BCUT2D eigenvalue weighted by Gasteiger charge is -2.30. The standard InChI is InChI=1S/C13H17BrFNO2S/c1-16-13(9-5-4-6-10(14)12(9)15)11-7-2-3-8-19(11,17)18/h4-6,11,13,16H,2-3,7-8H2,1H3. The minimum Gasteiger partial charge on any atom is -0.312 e. The molecule has 1 N–H and O–H groups in total. The molecule has 0 saturated carbocycles. The highest BCUT2D eigenvalue weighted by Crippen LogP contribution is 2.33. The molecule has 2 unspecified atom stereocenters. The molecule has 3 nitrogen and oxygen atoms in total. The van der Waals surface area contributed by atoms with Gasteiger partial charge in [0.15, 0.2) is 9.84 Å². The van der Waals surface area contributed by atoms with Crippen LogP contribution in [0.2, 0.25) is 0 Å². The number of nitrogens with one attached hydrogen (secondary N) is 1. The van der Waals surface area contributed by atoms with Crippen molar-refractivity contribution in [1.82, 2.24) is 5.32 Å². The molecule has 1 aliphatic heterocycles. The third kappa shape index (κ3) is 3.01. The second kappa shape index (κ2) is 5.89. The van der Waals surface area contributed by atoms with E-state index >= 15 is 0 Å². The van der Waals surface area contributed by atoms with Crippen LogP contribution >= 0.6 is 15.9 Å². The van der Waals surface area contributed by atoms with Crippen molar-refractivity contribution in [3.8, 4) is 0 Å². The zero-order valence-corrected chi connectivity index (χ0v) is 13.1. The van der Waals surface area contributed by atoms with Crippen molar-refractivity contribution in [2.75, 3.05) is 12.8 Å². The second-order valence-electron chi connectivity index (χ2n) is 4.81. The van der Waals surface area contributed by atoms with Crippen LogP contribution in [0, 0.1) is 5.82 Å². The Balaban J connectivity index is 2.42. The third-order valence-electron chi connectivity index (χ3n) is 3.63. The summed E-state index contributed by atoms with van der Waals surface area (Å²) in [5.41, 5.74) is 0.410. The topological polar surface area (TPSA) is 46.2 Å². The van der Waals surface area contributed by atoms with Crippen LogP contribution in [-0.4, -0.2) is 26.5 Å². The molecule has 0 bridgehead atoms. The van der Waals surface area contributed by atoms with E-state index < -0.39 is 21.1 Å². The molecular weight excluding hydrogens is 333 g/mol. The molecule has 0 aliphatic carbocycles. The van der Waals surface area contributed by atoms with Crippen LogP contribution in [0.1, 0.15) is 30.9 Å². The van der Waals surface area contributed by atoms with Crippen LogP contribution < -0.4 is 5.32 Å². The van der Waals surface area contributed by atoms with Gasteiger partial charge in [-0.05, 0) is 41.9 Å². The average molecular weight is 350 g/mol. The summed E-state index contributed by atoms with van der Waals surface area (Å²) in [6, 6.07) is 4.48. The van der Waals surface area contributed by atoms with E-state index in [1.807, 2.05) is 0 Å². The van der Waals surface area contributed by atoms with Crippen molar-refractivity contribution < 1.29 is 12.8 Å². The molecule has 2 rings (SSSR count). The fraction of sp³-hybridized carbons (Fsp3) is 0.538. The highest BCUT2D eigenvalue weighted by atomic mass is 79.9. The summed E-state index contributed by atoms with van der Waals surface area (Å²) in [4.78, 5) is 0. The first-order valence-electron chi connectivity index (χ1n) is 6.30. The lowest BCUT2D eigenvalue weighted by Crippen LogP contribution is -2.39. The SMILES string of the molecule is CNC(c1cccc(Br)c1F)C1CCCCS1(=O)=O. The molecule has 1 aromatic rings. The molecule has 0 radical (unpaired) electrons. The maximum Gasteiger partial charge on any atom is 0.155 e. The first-order chi connectivity index (χ1) is 8.97. The van der Waals surface area contributed by atoms with E-state index in [1.54, 1.807) is 25.2 Å². The second-order valence-corrected chi connectivity index (χ2v) is 8.00. The Morgan fingerprint density at radius 1 is 1.42 bits per heavy atom. The summed E-state index contributed by atoms with van der Waals surface area (Å²) in [5.74, 6) is -0.187. The lowest BCUT2D eigenvalue weighted by atomic mass is 9.99. The lowest BCUT2D eigenvalue weighted by molar-refractivity contribution is 0.454. The first-order valence-corrected chi connectivity index (χ1v) is 8.81. The Labute approximate surface area is 121 Å². The number of halogens is 2. The minimum atomic E-state index is -3.16. The van der Waals surface area contributed by atoms with Gasteiger partial charge >= 0.3 is 0 Å². The largest absolute Gasteiger partial charge is 0.312 e. The summed E-state index contributed by atoms with van der Waals surface area (Å²) in [6.07, 6.45) is 2.16. The van der Waals surface area contributed by atoms with Crippen molar-refractivity contribution in [2.24, 2.45) is 0 Å². The van der Waals surface area contributed by atoms with Gasteiger partial charge in [0, 0.05) is 5.56 Å². The van der Waals surface area contributed by atoms with E-state index in [9.17, 15) is 12.8 Å². The Kier molecular flexibility index (Phi) is 4.63. The molecule has 1 saturated heterocycles. The minimum absolute atomic E-state index is 0.200. The van der Waals surface area contributed by atoms with Gasteiger partial charge in [0.05, 0.1) is 21.5 Å². The van der Waals surface area contributed by atoms with Gasteiger partial charge < -0.3 is 5.32 Å². The maximum absolute atomic E-state index is 14.2. The van der Waals surface area contributed by atoms with Crippen molar-refractivity contribution in [1.29, 1.82) is 0 Å². The molecule has 6 heteroatoms. The van der Waals surface area contributed by atoms with E-state index in [-0.39, 0.29) is 11.6 Å². The van der Waals surface area contributed by atoms with Crippen LogP contribution in [0.4, 0.5) is 4.39 Å². The summed E-state index contributed by atoms with van der Waals surface area (Å²) in [5, 5.41) is 2.43. The highest BCUT2D eigenvalue weighted by Gasteiger charge is 2.36. The van der Waals surface area contributed by atoms with Crippen molar-refractivity contribution >= 4 is 25.8 Å². The summed E-state index contributed by atoms with van der Waals surface area (Å²) >= 11 is 3.14. The Hall–Kier alpha value is -0.460. The summed E-state index contributed by atoms with van der Waals surface area (Å²) in [7, 11) is -1.48. The molecule has 1 heterocycles. The Morgan fingerprint density at radius 3 is 2.79 bits per heavy atom. The molecule has 1 aliphatic rings. The Morgan fingerprint density at radius 2 is 2.16 bits per heavy atom. The number of benzene rings is 1. The van der Waals surface area contributed by atoms with Gasteiger partial charge in [0.1, 0.15) is 5.82 Å². The van der Waals surface area contributed by atoms with Crippen LogP contribution in [0.25, 0.3) is 0 Å². The van der Waals surface area contributed by atoms with Crippen molar-refractivity contribution in [3.63, 3.8) is 0 Å². The third-order valence-corrected chi connectivity index (χ3v) is 6.53. The smallest absolute Gasteiger partial charge is 0.155 e. The molecule has 1 fully saturated rings. The summed E-state index contributed by atoms with van der Waals surface area (Å²) in [6.45, 7) is 0. The van der Waals surface area contributed by atoms with Gasteiger partial charge in [-0.2, -0.15) is 0 Å². The van der Waals surface area contributed by atoms with Crippen LogP contribution in [0.5, 0.6) is 0 Å². The quantitative estimate of drug-likeness (QED) is 0.912. The van der Waals surface area contributed by atoms with Crippen molar-refractivity contribution in [2.45, 2.75) is 30.6 Å². The van der Waals surface area contributed by atoms with Crippen molar-refractivity contribution in [3.05, 3.63) is 34.1 Å². The molecule has 19 heavy (non-hydrogen) atoms. The molecule has 0 spiro atoms. The molecule has 2 atom stereocenters. The van der Waals surface area contributed by atoms with Gasteiger partial charge in [-0.15, -0.1) is 0 Å². The normalized spacial score (nSPS) is 24.1. The van der Waals surface area contributed by atoms with Gasteiger partial charge in [0.2, 0.25) is 0 Å². The molecule has 106 valence electrons. The fourth-order valence-corrected chi connectivity index (χ4v) is 5.17. The molecule has 0 amide bonds. The van der Waals surface area contributed by atoms with E-state index in [0.29, 0.717) is 22.9 Å². The number of hydrogen-bond acceptors (Lipinski definition) is 3. The number of hydrogen-bond donors (Lipinski definition) is 1. The average Bonchev–Trinajstić information content (AvgIpc) is 2.37. The van der Waals surface area contributed by atoms with Gasteiger partial charge in [-0.1, -0.05) is 18.6 Å². The van der Waals surface area contributed by atoms with E-state index in [0.717, 1.165) is 6.42 Å². The van der Waals surface area contributed by atoms with E-state index in [4.69, 9.17) is 0 Å². The molecule has 0 aromatic heterocycles. The van der Waals surface area contributed by atoms with E-state index in [2.05, 4.69) is 21.2 Å². The summed E-state index contributed by atoms with van der Waals surface area (Å²) < 4.78 is 38.9. The zero-order chi connectivity index (χ0) is 14.0. The van der Waals surface area contributed by atoms with Gasteiger partial charge in [-0.25, -0.2) is 12.8 Å².